The van der Waals surface area contributed by atoms with Crippen LogP contribution in [0.1, 0.15) is 17.3 Å². The van der Waals surface area contributed by atoms with Gasteiger partial charge in [-0.2, -0.15) is 0 Å². The first kappa shape index (κ1) is 12.5. The molecule has 4 nitrogen and oxygen atoms in total. The maximum absolute atomic E-state index is 12.4. The van der Waals surface area contributed by atoms with E-state index in [1.165, 1.54) is 0 Å². The number of carbonyl (C=O) groups is 1. The molecule has 0 radical (unpaired) electrons. The third-order valence-corrected chi connectivity index (χ3v) is 3.20. The van der Waals surface area contributed by atoms with Crippen molar-refractivity contribution in [2.75, 3.05) is 13.6 Å². The lowest BCUT2D eigenvalue weighted by Gasteiger charge is -2.24. The lowest BCUT2D eigenvalue weighted by molar-refractivity contribution is 0.0750. The molecule has 0 spiro atoms. The lowest BCUT2D eigenvalue weighted by Crippen LogP contribution is -2.39. The molecule has 0 bridgehead atoms. The number of likely N-dealkylation sites (N-methyl/N-ethyl adjacent to an activating group) is 1. The Morgan fingerprint density at radius 3 is 2.89 bits per heavy atom. The Balaban J connectivity index is 2.45. The Kier molecular flexibility index (Phi) is 3.58. The molecule has 2 aromatic rings. The highest BCUT2D eigenvalue weighted by atomic mass is 16.2. The number of aromatic nitrogens is 1. The van der Waals surface area contributed by atoms with Gasteiger partial charge in [-0.05, 0) is 25.1 Å². The first-order valence-corrected chi connectivity index (χ1v) is 5.96. The highest BCUT2D eigenvalue weighted by Gasteiger charge is 2.18. The number of hydrogen-bond donors (Lipinski definition) is 1. The van der Waals surface area contributed by atoms with Crippen LogP contribution in [-0.4, -0.2) is 35.4 Å². The van der Waals surface area contributed by atoms with Gasteiger partial charge in [-0.25, -0.2) is 0 Å². The van der Waals surface area contributed by atoms with Gasteiger partial charge in [-0.15, -0.1) is 0 Å². The lowest BCUT2D eigenvalue weighted by atomic mass is 10.1. The second-order valence-electron chi connectivity index (χ2n) is 4.38. The van der Waals surface area contributed by atoms with Crippen LogP contribution in [0.3, 0.4) is 0 Å². The van der Waals surface area contributed by atoms with Gasteiger partial charge in [0.05, 0.1) is 5.52 Å². The number of pyridine rings is 1. The molecule has 1 amide bonds. The van der Waals surface area contributed by atoms with Gasteiger partial charge in [0.2, 0.25) is 0 Å². The largest absolute Gasteiger partial charge is 0.338 e. The summed E-state index contributed by atoms with van der Waals surface area (Å²) in [5, 5.41) is 0.876. The number of amides is 1. The second kappa shape index (κ2) is 5.14. The molecule has 0 aliphatic heterocycles. The van der Waals surface area contributed by atoms with Crippen molar-refractivity contribution >= 4 is 16.8 Å². The summed E-state index contributed by atoms with van der Waals surface area (Å²) in [6.45, 7) is 2.38. The highest BCUT2D eigenvalue weighted by molar-refractivity contribution is 6.06. The van der Waals surface area contributed by atoms with E-state index in [1.54, 1.807) is 18.1 Å². The van der Waals surface area contributed by atoms with Gasteiger partial charge in [0, 0.05) is 36.8 Å². The van der Waals surface area contributed by atoms with Gasteiger partial charge < -0.3 is 10.6 Å². The predicted molar refractivity (Wildman–Crippen MR) is 72.4 cm³/mol. The fraction of sp³-hybridized carbons (Fsp3) is 0.286. The van der Waals surface area contributed by atoms with E-state index in [0.29, 0.717) is 12.1 Å². The third kappa shape index (κ3) is 2.19. The molecule has 1 unspecified atom stereocenters. The summed E-state index contributed by atoms with van der Waals surface area (Å²) >= 11 is 0. The van der Waals surface area contributed by atoms with Crippen LogP contribution in [0.4, 0.5) is 0 Å². The number of carbonyl (C=O) groups excluding carboxylic acids is 1. The van der Waals surface area contributed by atoms with Gasteiger partial charge in [-0.1, -0.05) is 12.1 Å². The minimum Gasteiger partial charge on any atom is -0.338 e. The summed E-state index contributed by atoms with van der Waals surface area (Å²) in [7, 11) is 1.77. The summed E-state index contributed by atoms with van der Waals surface area (Å²) in [4.78, 5) is 18.3. The quantitative estimate of drug-likeness (QED) is 0.891. The van der Waals surface area contributed by atoms with Gasteiger partial charge in [0.1, 0.15) is 0 Å². The van der Waals surface area contributed by atoms with E-state index in [4.69, 9.17) is 5.73 Å². The van der Waals surface area contributed by atoms with Crippen molar-refractivity contribution in [3.05, 3.63) is 42.1 Å². The summed E-state index contributed by atoms with van der Waals surface area (Å²) in [5.74, 6) is -0.0217. The summed E-state index contributed by atoms with van der Waals surface area (Å²) in [6, 6.07) is 9.35. The Morgan fingerprint density at radius 1 is 1.39 bits per heavy atom. The number of nitrogens with zero attached hydrogens (tertiary/aromatic N) is 2. The van der Waals surface area contributed by atoms with Gasteiger partial charge in [0.15, 0.2) is 0 Å². The molecular formula is C14H17N3O. The first-order valence-electron chi connectivity index (χ1n) is 5.96. The Morgan fingerprint density at radius 2 is 2.17 bits per heavy atom. The molecule has 2 rings (SSSR count). The fourth-order valence-electron chi connectivity index (χ4n) is 1.84. The smallest absolute Gasteiger partial charge is 0.254 e. The topological polar surface area (TPSA) is 59.2 Å². The Hall–Kier alpha value is -1.94. The van der Waals surface area contributed by atoms with Crippen LogP contribution in [0.25, 0.3) is 10.9 Å². The fourth-order valence-corrected chi connectivity index (χ4v) is 1.84. The molecular weight excluding hydrogens is 226 g/mol. The van der Waals surface area contributed by atoms with Gasteiger partial charge >= 0.3 is 0 Å². The third-order valence-electron chi connectivity index (χ3n) is 3.20. The molecule has 0 fully saturated rings. The second-order valence-corrected chi connectivity index (χ2v) is 4.38. The number of benzene rings is 1. The number of fused-ring (bicyclic) bond motifs is 1. The average molecular weight is 243 g/mol. The maximum Gasteiger partial charge on any atom is 0.254 e. The summed E-state index contributed by atoms with van der Waals surface area (Å²) in [6.07, 6.45) is 1.73. The molecule has 94 valence electrons. The van der Waals surface area contributed by atoms with Crippen LogP contribution in [0.5, 0.6) is 0 Å². The van der Waals surface area contributed by atoms with Crippen molar-refractivity contribution < 1.29 is 4.79 Å². The minimum absolute atomic E-state index is 0.0180. The van der Waals surface area contributed by atoms with Crippen molar-refractivity contribution in [3.8, 4) is 0 Å². The predicted octanol–water partition coefficient (Wildman–Crippen LogP) is 1.65. The Labute approximate surface area is 106 Å². The zero-order chi connectivity index (χ0) is 13.1. The van der Waals surface area contributed by atoms with Crippen molar-refractivity contribution in [2.24, 2.45) is 5.73 Å². The highest BCUT2D eigenvalue weighted by Crippen LogP contribution is 2.18. The molecule has 0 saturated carbocycles. The first-order chi connectivity index (χ1) is 8.65. The molecule has 0 saturated heterocycles. The maximum atomic E-state index is 12.4. The van der Waals surface area contributed by atoms with Crippen molar-refractivity contribution in [1.82, 2.24) is 9.88 Å². The van der Waals surface area contributed by atoms with E-state index in [0.717, 1.165) is 10.9 Å². The molecule has 18 heavy (non-hydrogen) atoms. The van der Waals surface area contributed by atoms with Crippen LogP contribution in [0.2, 0.25) is 0 Å². The van der Waals surface area contributed by atoms with E-state index >= 15 is 0 Å². The molecule has 0 aliphatic rings. The normalized spacial score (nSPS) is 12.4. The average Bonchev–Trinajstić information content (AvgIpc) is 2.44. The molecule has 1 heterocycles. The van der Waals surface area contributed by atoms with E-state index < -0.39 is 0 Å². The van der Waals surface area contributed by atoms with Crippen LogP contribution in [0.15, 0.2) is 36.5 Å². The zero-order valence-corrected chi connectivity index (χ0v) is 10.6. The van der Waals surface area contributed by atoms with Gasteiger partial charge in [-0.3, -0.25) is 9.78 Å². The SMILES string of the molecule is CC(CN)N(C)C(=O)c1cccc2ncccc12. The molecule has 1 aromatic carbocycles. The van der Waals surface area contributed by atoms with Crippen molar-refractivity contribution in [1.29, 1.82) is 0 Å². The summed E-state index contributed by atoms with van der Waals surface area (Å²) in [5.41, 5.74) is 7.10. The van der Waals surface area contributed by atoms with Gasteiger partial charge in [0.25, 0.3) is 5.91 Å². The number of nitrogens with two attached hydrogens (primary N) is 1. The van der Waals surface area contributed by atoms with Crippen LogP contribution >= 0.6 is 0 Å². The van der Waals surface area contributed by atoms with E-state index in [9.17, 15) is 4.79 Å². The van der Waals surface area contributed by atoms with Crippen LogP contribution in [-0.2, 0) is 0 Å². The standard InChI is InChI=1S/C14H17N3O/c1-10(9-15)17(2)14(18)12-5-3-7-13-11(12)6-4-8-16-13/h3-8,10H,9,15H2,1-2H3. The molecule has 4 heteroatoms. The van der Waals surface area contributed by atoms with E-state index in [2.05, 4.69) is 4.98 Å². The van der Waals surface area contributed by atoms with Crippen molar-refractivity contribution in [2.45, 2.75) is 13.0 Å². The molecule has 1 aromatic heterocycles. The van der Waals surface area contributed by atoms with Crippen LogP contribution < -0.4 is 5.73 Å². The molecule has 0 aliphatic carbocycles. The van der Waals surface area contributed by atoms with Crippen molar-refractivity contribution in [3.63, 3.8) is 0 Å². The van der Waals surface area contributed by atoms with E-state index in [1.807, 2.05) is 37.3 Å². The van der Waals surface area contributed by atoms with Crippen LogP contribution in [0, 0.1) is 0 Å². The molecule has 1 atom stereocenters. The summed E-state index contributed by atoms with van der Waals surface area (Å²) < 4.78 is 0. The molecule has 2 N–H and O–H groups in total. The Bertz CT molecular complexity index is 562. The zero-order valence-electron chi connectivity index (χ0n) is 10.6. The monoisotopic (exact) mass is 243 g/mol. The van der Waals surface area contributed by atoms with E-state index in [-0.39, 0.29) is 11.9 Å². The number of hydrogen-bond acceptors (Lipinski definition) is 3. The number of rotatable bonds is 3. The minimum atomic E-state index is -0.0217.